The van der Waals surface area contributed by atoms with Gasteiger partial charge < -0.3 is 10.3 Å². The fourth-order valence-electron chi connectivity index (χ4n) is 4.42. The molecule has 2 aromatic carbocycles. The van der Waals surface area contributed by atoms with Gasteiger partial charge in [0.2, 0.25) is 11.9 Å². The maximum absolute atomic E-state index is 13.5. The van der Waals surface area contributed by atoms with Gasteiger partial charge in [0.15, 0.2) is 0 Å². The van der Waals surface area contributed by atoms with Crippen molar-refractivity contribution in [3.8, 4) is 5.95 Å². The van der Waals surface area contributed by atoms with Gasteiger partial charge in [-0.15, -0.1) is 0 Å². The van der Waals surface area contributed by atoms with Gasteiger partial charge in [-0.25, -0.2) is 9.37 Å². The highest BCUT2D eigenvalue weighted by molar-refractivity contribution is 5.99. The number of aryl methyl sites for hydroxylation is 1. The smallest absolute Gasteiger partial charge is 0.236 e. The average molecular weight is 403 g/mol. The Morgan fingerprint density at radius 3 is 2.60 bits per heavy atom. The molecule has 0 radical (unpaired) electrons. The van der Waals surface area contributed by atoms with E-state index in [9.17, 15) is 9.18 Å². The van der Waals surface area contributed by atoms with E-state index < -0.39 is 5.41 Å². The predicted octanol–water partition coefficient (Wildman–Crippen LogP) is 4.65. The van der Waals surface area contributed by atoms with Crippen LogP contribution >= 0.6 is 0 Å². The van der Waals surface area contributed by atoms with Crippen LogP contribution in [0.5, 0.6) is 0 Å². The number of carbonyl (C=O) groups excluding carboxylic acids is 1. The van der Waals surface area contributed by atoms with E-state index in [-0.39, 0.29) is 11.7 Å². The number of aromatic nitrogens is 4. The molecule has 30 heavy (non-hydrogen) atoms. The zero-order valence-corrected chi connectivity index (χ0v) is 16.7. The first kappa shape index (κ1) is 18.5. The second-order valence-corrected chi connectivity index (χ2v) is 7.91. The summed E-state index contributed by atoms with van der Waals surface area (Å²) < 4.78 is 15.1. The van der Waals surface area contributed by atoms with Crippen LogP contribution in [0.2, 0.25) is 0 Å². The molecule has 0 spiro atoms. The number of rotatable bonds is 4. The van der Waals surface area contributed by atoms with Crippen molar-refractivity contribution < 1.29 is 9.18 Å². The van der Waals surface area contributed by atoms with Gasteiger partial charge in [-0.3, -0.25) is 4.79 Å². The normalized spacial score (nSPS) is 15.5. The van der Waals surface area contributed by atoms with E-state index in [2.05, 4.69) is 20.4 Å². The van der Waals surface area contributed by atoms with Crippen LogP contribution in [-0.2, 0) is 10.2 Å². The third kappa shape index (κ3) is 3.07. The van der Waals surface area contributed by atoms with E-state index in [0.717, 1.165) is 48.0 Å². The van der Waals surface area contributed by atoms with Crippen LogP contribution in [0.25, 0.3) is 17.0 Å². The molecule has 6 nitrogen and oxygen atoms in total. The number of H-pyrrole nitrogens is 1. The quantitative estimate of drug-likeness (QED) is 0.521. The van der Waals surface area contributed by atoms with Crippen LogP contribution in [-0.4, -0.2) is 25.7 Å². The molecule has 7 heteroatoms. The molecule has 1 amide bonds. The van der Waals surface area contributed by atoms with E-state index in [1.807, 2.05) is 37.3 Å². The van der Waals surface area contributed by atoms with Gasteiger partial charge in [0.1, 0.15) is 11.6 Å². The van der Waals surface area contributed by atoms with Gasteiger partial charge >= 0.3 is 0 Å². The fourth-order valence-corrected chi connectivity index (χ4v) is 4.42. The standard InChI is InChI=1S/C23H22FN5O/c1-15-14-20(29(28-15)22-25-18-6-2-3-7-19(18)26-22)27-21(30)23(12-4-5-13-23)16-8-10-17(24)11-9-16/h2-3,6-11,14H,4-5,12-13H2,1H3,(H,25,26)(H,27,30). The van der Waals surface area contributed by atoms with Crippen molar-refractivity contribution in [2.24, 2.45) is 0 Å². The third-order valence-electron chi connectivity index (χ3n) is 5.94. The number of anilines is 1. The molecule has 1 aliphatic carbocycles. The predicted molar refractivity (Wildman–Crippen MR) is 113 cm³/mol. The Morgan fingerprint density at radius 1 is 1.13 bits per heavy atom. The number of nitrogens with one attached hydrogen (secondary N) is 2. The van der Waals surface area contributed by atoms with Gasteiger partial charge in [0, 0.05) is 6.07 Å². The Kier molecular flexibility index (Phi) is 4.38. The molecule has 152 valence electrons. The monoisotopic (exact) mass is 403 g/mol. The highest BCUT2D eigenvalue weighted by atomic mass is 19.1. The molecule has 5 rings (SSSR count). The summed E-state index contributed by atoms with van der Waals surface area (Å²) in [4.78, 5) is 21.4. The lowest BCUT2D eigenvalue weighted by Crippen LogP contribution is -2.38. The van der Waals surface area contributed by atoms with E-state index in [1.165, 1.54) is 12.1 Å². The molecule has 1 saturated carbocycles. The minimum atomic E-state index is -0.662. The molecule has 2 aromatic heterocycles. The van der Waals surface area contributed by atoms with Gasteiger partial charge in [-0.1, -0.05) is 37.1 Å². The maximum atomic E-state index is 13.5. The van der Waals surface area contributed by atoms with Gasteiger partial charge in [0.05, 0.1) is 22.1 Å². The molecule has 0 atom stereocenters. The van der Waals surface area contributed by atoms with Crippen molar-refractivity contribution >= 4 is 22.8 Å². The van der Waals surface area contributed by atoms with Crippen LogP contribution in [0.15, 0.2) is 54.6 Å². The number of aromatic amines is 1. The molecule has 0 aliphatic heterocycles. The Labute approximate surface area is 173 Å². The van der Waals surface area contributed by atoms with Crippen molar-refractivity contribution in [2.45, 2.75) is 38.0 Å². The Balaban J connectivity index is 1.51. The van der Waals surface area contributed by atoms with Gasteiger partial charge in [0.25, 0.3) is 0 Å². The summed E-state index contributed by atoms with van der Waals surface area (Å²) in [5.41, 5.74) is 2.69. The minimum absolute atomic E-state index is 0.0936. The van der Waals surface area contributed by atoms with Crippen molar-refractivity contribution in [3.05, 3.63) is 71.7 Å². The summed E-state index contributed by atoms with van der Waals surface area (Å²) >= 11 is 0. The Morgan fingerprint density at radius 2 is 1.87 bits per heavy atom. The number of imidazole rings is 1. The lowest BCUT2D eigenvalue weighted by molar-refractivity contribution is -0.121. The number of para-hydroxylation sites is 2. The Bertz CT molecular complexity index is 1190. The van der Waals surface area contributed by atoms with E-state index >= 15 is 0 Å². The highest BCUT2D eigenvalue weighted by Gasteiger charge is 2.43. The Hall–Kier alpha value is -3.48. The molecule has 2 N–H and O–H groups in total. The molecule has 4 aromatic rings. The van der Waals surface area contributed by atoms with Crippen molar-refractivity contribution in [3.63, 3.8) is 0 Å². The zero-order valence-electron chi connectivity index (χ0n) is 16.7. The number of nitrogens with zero attached hydrogens (tertiary/aromatic N) is 3. The van der Waals surface area contributed by atoms with E-state index in [4.69, 9.17) is 0 Å². The van der Waals surface area contributed by atoms with Crippen LogP contribution in [0.4, 0.5) is 10.2 Å². The van der Waals surface area contributed by atoms with Crippen LogP contribution in [0.1, 0.15) is 36.9 Å². The summed E-state index contributed by atoms with van der Waals surface area (Å²) in [6.07, 6.45) is 3.41. The van der Waals surface area contributed by atoms with Crippen LogP contribution in [0.3, 0.4) is 0 Å². The number of hydrogen-bond donors (Lipinski definition) is 2. The molecule has 0 unspecified atom stereocenters. The van der Waals surface area contributed by atoms with E-state index in [1.54, 1.807) is 16.8 Å². The lowest BCUT2D eigenvalue weighted by Gasteiger charge is -2.28. The second-order valence-electron chi connectivity index (χ2n) is 7.91. The van der Waals surface area contributed by atoms with Crippen molar-refractivity contribution in [1.82, 2.24) is 19.7 Å². The maximum Gasteiger partial charge on any atom is 0.236 e. The van der Waals surface area contributed by atoms with Gasteiger partial charge in [-0.2, -0.15) is 9.78 Å². The first-order valence-electron chi connectivity index (χ1n) is 10.1. The molecule has 0 saturated heterocycles. The SMILES string of the molecule is Cc1cc(NC(=O)C2(c3ccc(F)cc3)CCCC2)n(-c2nc3ccccc3[nH]2)n1. The molecular formula is C23H22FN5O. The number of amides is 1. The number of carbonyl (C=O) groups is 1. The second kappa shape index (κ2) is 7.09. The fraction of sp³-hybridized carbons (Fsp3) is 0.261. The third-order valence-corrected chi connectivity index (χ3v) is 5.94. The number of benzene rings is 2. The molecule has 1 fully saturated rings. The van der Waals surface area contributed by atoms with Crippen molar-refractivity contribution in [1.29, 1.82) is 0 Å². The summed E-state index contributed by atoms with van der Waals surface area (Å²) in [7, 11) is 0. The van der Waals surface area contributed by atoms with Crippen LogP contribution in [0, 0.1) is 12.7 Å². The van der Waals surface area contributed by atoms with Crippen LogP contribution < -0.4 is 5.32 Å². The average Bonchev–Trinajstić information content (AvgIpc) is 3.46. The van der Waals surface area contributed by atoms with E-state index in [0.29, 0.717) is 11.8 Å². The summed E-state index contributed by atoms with van der Waals surface area (Å²) in [6, 6.07) is 15.9. The molecule has 2 heterocycles. The molecule has 1 aliphatic rings. The summed E-state index contributed by atoms with van der Waals surface area (Å²) in [5, 5.41) is 7.60. The first-order valence-corrected chi connectivity index (χ1v) is 10.1. The number of hydrogen-bond acceptors (Lipinski definition) is 3. The highest BCUT2D eigenvalue weighted by Crippen LogP contribution is 2.42. The number of fused-ring (bicyclic) bond motifs is 1. The topological polar surface area (TPSA) is 75.6 Å². The number of halogens is 1. The zero-order chi connectivity index (χ0) is 20.7. The molecular weight excluding hydrogens is 381 g/mol. The summed E-state index contributed by atoms with van der Waals surface area (Å²) in [5.74, 6) is 0.710. The largest absolute Gasteiger partial charge is 0.322 e. The first-order chi connectivity index (χ1) is 14.5. The van der Waals surface area contributed by atoms with Crippen molar-refractivity contribution in [2.75, 3.05) is 5.32 Å². The van der Waals surface area contributed by atoms with Gasteiger partial charge in [-0.05, 0) is 49.6 Å². The molecule has 0 bridgehead atoms. The summed E-state index contributed by atoms with van der Waals surface area (Å²) in [6.45, 7) is 1.88. The minimum Gasteiger partial charge on any atom is -0.322 e. The lowest BCUT2D eigenvalue weighted by atomic mass is 9.78.